The molecule has 0 unspecified atom stereocenters. The molecule has 0 N–H and O–H groups in total. The summed E-state index contributed by atoms with van der Waals surface area (Å²) in [7, 11) is -1.24. The molecule has 2 heterocycles. The summed E-state index contributed by atoms with van der Waals surface area (Å²) in [6.45, 7) is 2.99. The Bertz CT molecular complexity index is 1240. The van der Waals surface area contributed by atoms with Crippen molar-refractivity contribution >= 4 is 62.5 Å². The fraction of sp³-hybridized carbons (Fsp3) is 0.458. The summed E-state index contributed by atoms with van der Waals surface area (Å²) in [6.07, 6.45) is 1.20. The monoisotopic (exact) mass is 592 g/mol. The molecule has 0 aromatic heterocycles. The lowest BCUT2D eigenvalue weighted by Gasteiger charge is -2.35. The first-order valence-electron chi connectivity index (χ1n) is 11.5. The number of halogens is 4. The molecule has 2 aliphatic heterocycles. The van der Waals surface area contributed by atoms with Crippen molar-refractivity contribution < 1.29 is 13.2 Å². The molecule has 2 fully saturated rings. The van der Waals surface area contributed by atoms with Gasteiger partial charge in [0.05, 0.1) is 26.3 Å². The average Bonchev–Trinajstić information content (AvgIpc) is 3.28. The van der Waals surface area contributed by atoms with Gasteiger partial charge in [-0.25, -0.2) is 13.2 Å². The minimum Gasteiger partial charge on any atom is -0.322 e. The quantitative estimate of drug-likeness (QED) is 0.495. The second-order valence-corrected chi connectivity index (χ2v) is 13.0. The maximum absolute atomic E-state index is 13.4. The molecular weight excluding hydrogens is 566 g/mol. The molecule has 2 saturated heterocycles. The minimum absolute atomic E-state index is 0.00815. The Balaban J connectivity index is 1.53. The van der Waals surface area contributed by atoms with E-state index in [1.54, 1.807) is 17.0 Å². The zero-order valence-electron chi connectivity index (χ0n) is 20.0. The van der Waals surface area contributed by atoms with Crippen LogP contribution in [-0.2, 0) is 16.6 Å². The van der Waals surface area contributed by atoms with E-state index in [1.165, 1.54) is 10.6 Å². The van der Waals surface area contributed by atoms with Crippen LogP contribution in [0.15, 0.2) is 36.4 Å². The molecule has 196 valence electrons. The molecule has 0 saturated carbocycles. The van der Waals surface area contributed by atoms with Gasteiger partial charge < -0.3 is 9.80 Å². The molecule has 2 atom stereocenters. The maximum Gasteiger partial charge on any atom is 0.320 e. The van der Waals surface area contributed by atoms with Gasteiger partial charge in [-0.1, -0.05) is 58.5 Å². The van der Waals surface area contributed by atoms with Crippen molar-refractivity contribution in [3.8, 4) is 0 Å². The summed E-state index contributed by atoms with van der Waals surface area (Å²) < 4.78 is 25.1. The Labute approximate surface area is 232 Å². The van der Waals surface area contributed by atoms with E-state index in [-0.39, 0.29) is 18.0 Å². The number of amides is 2. The highest BCUT2D eigenvalue weighted by atomic mass is 35.5. The fourth-order valence-corrected chi connectivity index (χ4v) is 6.37. The van der Waals surface area contributed by atoms with Gasteiger partial charge >= 0.3 is 6.03 Å². The second kappa shape index (κ2) is 11.2. The molecule has 36 heavy (non-hydrogen) atoms. The lowest BCUT2D eigenvalue weighted by molar-refractivity contribution is 0.138. The first kappa shape index (κ1) is 27.8. The molecule has 12 heteroatoms. The van der Waals surface area contributed by atoms with Crippen molar-refractivity contribution in [1.29, 1.82) is 0 Å². The van der Waals surface area contributed by atoms with Gasteiger partial charge in [-0.2, -0.15) is 4.31 Å². The van der Waals surface area contributed by atoms with Gasteiger partial charge in [0, 0.05) is 57.8 Å². The minimum atomic E-state index is -3.27. The highest BCUT2D eigenvalue weighted by molar-refractivity contribution is 7.88. The number of nitrogens with zero attached hydrogens (tertiary/aromatic N) is 4. The van der Waals surface area contributed by atoms with E-state index in [0.29, 0.717) is 65.9 Å². The third-order valence-electron chi connectivity index (χ3n) is 6.89. The number of piperazine rings is 1. The summed E-state index contributed by atoms with van der Waals surface area (Å²) in [4.78, 5) is 19.2. The first-order valence-corrected chi connectivity index (χ1v) is 14.9. The van der Waals surface area contributed by atoms with Gasteiger partial charge in [-0.05, 0) is 42.4 Å². The van der Waals surface area contributed by atoms with Crippen molar-refractivity contribution in [3.05, 3.63) is 67.6 Å². The predicted molar refractivity (Wildman–Crippen MR) is 146 cm³/mol. The Morgan fingerprint density at radius 3 is 2.08 bits per heavy atom. The van der Waals surface area contributed by atoms with Crippen LogP contribution in [0, 0.1) is 0 Å². The Hall–Kier alpha value is -1.26. The Kier molecular flexibility index (Phi) is 8.66. The standard InChI is InChI=1S/C24H28Cl4N4O3S/c1-29(13-16-3-5-19(25)21(27)11-16)23-15-31(14-18(23)17-4-6-20(26)22(28)12-17)24(33)30-7-9-32(10-8-30)36(2,34)35/h3-6,11-12,18,23H,7-10,13-15H2,1-2H3/t18-,23+/m1/s1. The highest BCUT2D eigenvalue weighted by Gasteiger charge is 2.40. The molecule has 0 bridgehead atoms. The number of rotatable bonds is 5. The van der Waals surface area contributed by atoms with Gasteiger partial charge in [0.15, 0.2) is 0 Å². The largest absolute Gasteiger partial charge is 0.322 e. The topological polar surface area (TPSA) is 64.2 Å². The molecular formula is C24H28Cl4N4O3S. The number of hydrogen-bond acceptors (Lipinski definition) is 4. The third kappa shape index (κ3) is 6.23. The zero-order valence-corrected chi connectivity index (χ0v) is 23.8. The number of carbonyl (C=O) groups excluding carboxylic acids is 1. The molecule has 0 radical (unpaired) electrons. The number of urea groups is 1. The molecule has 0 spiro atoms. The number of benzene rings is 2. The van der Waals surface area contributed by atoms with Crippen LogP contribution in [0.2, 0.25) is 20.1 Å². The number of likely N-dealkylation sites (tertiary alicyclic amines) is 1. The van der Waals surface area contributed by atoms with Crippen LogP contribution in [0.3, 0.4) is 0 Å². The number of carbonyl (C=O) groups is 1. The number of sulfonamides is 1. The second-order valence-electron chi connectivity index (χ2n) is 9.35. The maximum atomic E-state index is 13.4. The Morgan fingerprint density at radius 2 is 1.50 bits per heavy atom. The van der Waals surface area contributed by atoms with Crippen LogP contribution in [0.1, 0.15) is 17.0 Å². The van der Waals surface area contributed by atoms with Gasteiger partial charge in [0.1, 0.15) is 0 Å². The van der Waals surface area contributed by atoms with Gasteiger partial charge in [0.25, 0.3) is 0 Å². The Morgan fingerprint density at radius 1 is 0.889 bits per heavy atom. The third-order valence-corrected chi connectivity index (χ3v) is 9.67. The van der Waals surface area contributed by atoms with Gasteiger partial charge in [0.2, 0.25) is 10.0 Å². The average molecular weight is 594 g/mol. The van der Waals surface area contributed by atoms with Crippen molar-refractivity contribution in [2.45, 2.75) is 18.5 Å². The number of likely N-dealkylation sites (N-methyl/N-ethyl adjacent to an activating group) is 1. The molecule has 2 aromatic carbocycles. The van der Waals surface area contributed by atoms with Crippen LogP contribution in [0.25, 0.3) is 0 Å². The van der Waals surface area contributed by atoms with E-state index >= 15 is 0 Å². The van der Waals surface area contributed by atoms with Crippen LogP contribution >= 0.6 is 46.4 Å². The van der Waals surface area contributed by atoms with E-state index in [2.05, 4.69) is 4.90 Å². The van der Waals surface area contributed by atoms with Crippen molar-refractivity contribution in [2.24, 2.45) is 0 Å². The smallest absolute Gasteiger partial charge is 0.320 e. The lowest BCUT2D eigenvalue weighted by atomic mass is 9.93. The first-order chi connectivity index (χ1) is 16.9. The SMILES string of the molecule is CN(Cc1ccc(Cl)c(Cl)c1)[C@H]1CN(C(=O)N2CCN(S(C)(=O)=O)CC2)C[C@@H]1c1ccc(Cl)c(Cl)c1. The summed E-state index contributed by atoms with van der Waals surface area (Å²) >= 11 is 24.8. The lowest BCUT2D eigenvalue weighted by Crippen LogP contribution is -2.53. The summed E-state index contributed by atoms with van der Waals surface area (Å²) in [6, 6.07) is 11.1. The van der Waals surface area contributed by atoms with E-state index in [4.69, 9.17) is 46.4 Å². The molecule has 0 aliphatic carbocycles. The van der Waals surface area contributed by atoms with E-state index in [9.17, 15) is 13.2 Å². The normalized spacial score (nSPS) is 21.4. The van der Waals surface area contributed by atoms with E-state index in [0.717, 1.165) is 11.1 Å². The molecule has 2 amide bonds. The summed E-state index contributed by atoms with van der Waals surface area (Å²) in [5.41, 5.74) is 2.02. The number of hydrogen-bond donors (Lipinski definition) is 0. The van der Waals surface area contributed by atoms with Crippen molar-refractivity contribution in [1.82, 2.24) is 19.0 Å². The van der Waals surface area contributed by atoms with Crippen molar-refractivity contribution in [3.63, 3.8) is 0 Å². The van der Waals surface area contributed by atoms with E-state index < -0.39 is 10.0 Å². The molecule has 2 aromatic rings. The summed E-state index contributed by atoms with van der Waals surface area (Å²) in [5.74, 6) is 0.00815. The zero-order chi connectivity index (χ0) is 26.2. The molecule has 7 nitrogen and oxygen atoms in total. The molecule has 2 aliphatic rings. The molecule has 4 rings (SSSR count). The van der Waals surface area contributed by atoms with Crippen LogP contribution in [-0.4, -0.2) is 92.1 Å². The predicted octanol–water partition coefficient (Wildman–Crippen LogP) is 4.90. The highest BCUT2D eigenvalue weighted by Crippen LogP contribution is 2.35. The van der Waals surface area contributed by atoms with Gasteiger partial charge in [-0.15, -0.1) is 0 Å². The van der Waals surface area contributed by atoms with Gasteiger partial charge in [-0.3, -0.25) is 4.90 Å². The van der Waals surface area contributed by atoms with E-state index in [1.807, 2.05) is 36.2 Å². The fourth-order valence-electron chi connectivity index (χ4n) is 4.91. The summed E-state index contributed by atoms with van der Waals surface area (Å²) in [5, 5.41) is 1.96. The van der Waals surface area contributed by atoms with Crippen LogP contribution in [0.5, 0.6) is 0 Å². The van der Waals surface area contributed by atoms with Crippen molar-refractivity contribution in [2.75, 3.05) is 52.6 Å². The van der Waals surface area contributed by atoms with Crippen LogP contribution < -0.4 is 0 Å². The van der Waals surface area contributed by atoms with Crippen LogP contribution in [0.4, 0.5) is 4.79 Å².